The Morgan fingerprint density at radius 3 is 2.70 bits per heavy atom. The predicted octanol–water partition coefficient (Wildman–Crippen LogP) is 2.08. The van der Waals surface area contributed by atoms with E-state index in [0.29, 0.717) is 17.1 Å². The quantitative estimate of drug-likeness (QED) is 0.934. The molecule has 1 aromatic heterocycles. The molecular weight excluding hydrogens is 278 g/mol. The van der Waals surface area contributed by atoms with E-state index in [4.69, 9.17) is 4.74 Å². The lowest BCUT2D eigenvalue weighted by Crippen LogP contribution is -1.98. The summed E-state index contributed by atoms with van der Waals surface area (Å²) in [4.78, 5) is 4.26. The molecule has 20 heavy (non-hydrogen) atoms. The van der Waals surface area contributed by atoms with Crippen molar-refractivity contribution >= 4 is 9.84 Å². The molecule has 0 aliphatic rings. The Morgan fingerprint density at radius 1 is 1.30 bits per heavy atom. The first-order valence-electron chi connectivity index (χ1n) is 5.94. The minimum absolute atomic E-state index is 0.186. The van der Waals surface area contributed by atoms with Crippen LogP contribution in [0.2, 0.25) is 0 Å². The number of hydrogen-bond acceptors (Lipinski definition) is 5. The Kier molecular flexibility index (Phi) is 4.06. The van der Waals surface area contributed by atoms with Gasteiger partial charge in [-0.05, 0) is 25.1 Å². The van der Waals surface area contributed by atoms with E-state index in [9.17, 15) is 13.5 Å². The van der Waals surface area contributed by atoms with E-state index >= 15 is 0 Å². The summed E-state index contributed by atoms with van der Waals surface area (Å²) >= 11 is 0. The van der Waals surface area contributed by atoms with Crippen LogP contribution in [0.4, 0.5) is 0 Å². The van der Waals surface area contributed by atoms with Crippen molar-refractivity contribution in [1.82, 2.24) is 4.98 Å². The smallest absolute Gasteiger partial charge is 0.175 e. The van der Waals surface area contributed by atoms with Crippen molar-refractivity contribution in [2.24, 2.45) is 0 Å². The second-order valence-electron chi connectivity index (χ2n) is 4.44. The Hall–Kier alpha value is -1.92. The van der Waals surface area contributed by atoms with Crippen LogP contribution < -0.4 is 4.74 Å². The zero-order valence-corrected chi connectivity index (χ0v) is 12.0. The summed E-state index contributed by atoms with van der Waals surface area (Å²) in [7, 11) is -3.28. The molecule has 0 atom stereocenters. The van der Waals surface area contributed by atoms with Gasteiger partial charge in [0.05, 0.1) is 11.5 Å². The van der Waals surface area contributed by atoms with Crippen LogP contribution in [0, 0.1) is 6.92 Å². The van der Waals surface area contributed by atoms with Crippen LogP contribution >= 0.6 is 0 Å². The number of aromatic nitrogens is 1. The summed E-state index contributed by atoms with van der Waals surface area (Å²) in [6.07, 6.45) is 2.67. The van der Waals surface area contributed by atoms with Gasteiger partial charge in [-0.2, -0.15) is 0 Å². The van der Waals surface area contributed by atoms with E-state index in [0.717, 1.165) is 11.9 Å². The monoisotopic (exact) mass is 293 g/mol. The third kappa shape index (κ3) is 3.34. The molecule has 1 N–H and O–H groups in total. The van der Waals surface area contributed by atoms with Gasteiger partial charge in [0.1, 0.15) is 11.5 Å². The number of ether oxygens (including phenoxy) is 1. The first kappa shape index (κ1) is 14.5. The summed E-state index contributed by atoms with van der Waals surface area (Å²) in [6.45, 7) is 1.61. The molecule has 0 aliphatic heterocycles. The first-order valence-corrected chi connectivity index (χ1v) is 7.83. The van der Waals surface area contributed by atoms with Crippen LogP contribution in [-0.2, 0) is 16.4 Å². The number of aliphatic hydroxyl groups is 1. The minimum Gasteiger partial charge on any atom is -0.457 e. The number of hydrogen-bond donors (Lipinski definition) is 1. The molecule has 0 unspecified atom stereocenters. The summed E-state index contributed by atoms with van der Waals surface area (Å²) in [6, 6.07) is 7.92. The lowest BCUT2D eigenvalue weighted by atomic mass is 10.2. The van der Waals surface area contributed by atoms with Gasteiger partial charge in [0, 0.05) is 29.8 Å². The van der Waals surface area contributed by atoms with Crippen molar-refractivity contribution in [1.29, 1.82) is 0 Å². The van der Waals surface area contributed by atoms with E-state index in [2.05, 4.69) is 4.98 Å². The number of pyridine rings is 1. The minimum atomic E-state index is -3.28. The average molecular weight is 293 g/mol. The fraction of sp³-hybridized carbons (Fsp3) is 0.214. The van der Waals surface area contributed by atoms with Crippen molar-refractivity contribution in [2.75, 3.05) is 6.26 Å². The maximum atomic E-state index is 11.5. The molecule has 0 saturated heterocycles. The molecule has 0 spiro atoms. The molecule has 106 valence electrons. The van der Waals surface area contributed by atoms with E-state index in [1.165, 1.54) is 18.3 Å². The fourth-order valence-corrected chi connectivity index (χ4v) is 2.33. The van der Waals surface area contributed by atoms with Crippen LogP contribution in [0.25, 0.3) is 0 Å². The fourth-order valence-electron chi connectivity index (χ4n) is 1.67. The third-order valence-electron chi connectivity index (χ3n) is 2.71. The van der Waals surface area contributed by atoms with Gasteiger partial charge < -0.3 is 9.84 Å². The van der Waals surface area contributed by atoms with Gasteiger partial charge in [0.2, 0.25) is 0 Å². The highest BCUT2D eigenvalue weighted by molar-refractivity contribution is 7.90. The van der Waals surface area contributed by atoms with E-state index < -0.39 is 9.84 Å². The SMILES string of the molecule is Cc1cc(Oc2cccc(S(C)(=O)=O)c2)c(CO)cn1. The van der Waals surface area contributed by atoms with Gasteiger partial charge in [0.15, 0.2) is 9.84 Å². The standard InChI is InChI=1S/C14H15NO4S/c1-10-6-14(11(9-16)8-15-10)19-12-4-3-5-13(7-12)20(2,17)18/h3-8,16H,9H2,1-2H3. The lowest BCUT2D eigenvalue weighted by molar-refractivity contribution is 0.276. The molecule has 0 saturated carbocycles. The van der Waals surface area contributed by atoms with E-state index in [1.807, 2.05) is 0 Å². The Labute approximate surface area is 117 Å². The molecule has 0 amide bonds. The largest absolute Gasteiger partial charge is 0.457 e. The maximum absolute atomic E-state index is 11.5. The van der Waals surface area contributed by atoms with Crippen LogP contribution in [0.3, 0.4) is 0 Å². The lowest BCUT2D eigenvalue weighted by Gasteiger charge is -2.11. The van der Waals surface area contributed by atoms with Gasteiger partial charge in [-0.3, -0.25) is 4.98 Å². The van der Waals surface area contributed by atoms with Crippen molar-refractivity contribution in [3.05, 3.63) is 47.8 Å². The Balaban J connectivity index is 2.38. The van der Waals surface area contributed by atoms with Crippen molar-refractivity contribution in [3.63, 3.8) is 0 Å². The van der Waals surface area contributed by atoms with E-state index in [-0.39, 0.29) is 11.5 Å². The molecule has 2 rings (SSSR count). The first-order chi connectivity index (χ1) is 9.40. The second-order valence-corrected chi connectivity index (χ2v) is 6.46. The zero-order valence-electron chi connectivity index (χ0n) is 11.2. The molecule has 5 nitrogen and oxygen atoms in total. The molecule has 2 aromatic rings. The van der Waals surface area contributed by atoms with Crippen LogP contribution in [-0.4, -0.2) is 24.8 Å². The molecule has 0 radical (unpaired) electrons. The maximum Gasteiger partial charge on any atom is 0.175 e. The average Bonchev–Trinajstić information content (AvgIpc) is 2.38. The number of aliphatic hydroxyl groups excluding tert-OH is 1. The van der Waals surface area contributed by atoms with Crippen molar-refractivity contribution in [3.8, 4) is 11.5 Å². The molecule has 1 heterocycles. The van der Waals surface area contributed by atoms with Crippen LogP contribution in [0.15, 0.2) is 41.4 Å². The summed E-state index contributed by atoms with van der Waals surface area (Å²) < 4.78 is 28.7. The van der Waals surface area contributed by atoms with Gasteiger partial charge >= 0.3 is 0 Å². The topological polar surface area (TPSA) is 76.5 Å². The molecule has 0 bridgehead atoms. The number of nitrogens with zero attached hydrogens (tertiary/aromatic N) is 1. The second kappa shape index (κ2) is 5.60. The molecule has 0 aliphatic carbocycles. The van der Waals surface area contributed by atoms with Crippen molar-refractivity contribution in [2.45, 2.75) is 18.4 Å². The van der Waals surface area contributed by atoms with Gasteiger partial charge in [0.25, 0.3) is 0 Å². The van der Waals surface area contributed by atoms with Gasteiger partial charge in [-0.15, -0.1) is 0 Å². The van der Waals surface area contributed by atoms with E-state index in [1.54, 1.807) is 25.1 Å². The summed E-state index contributed by atoms with van der Waals surface area (Å²) in [5, 5.41) is 9.26. The number of aryl methyl sites for hydroxylation is 1. The Morgan fingerprint density at radius 2 is 2.05 bits per heavy atom. The molecule has 0 fully saturated rings. The number of benzene rings is 1. The van der Waals surface area contributed by atoms with Crippen LogP contribution in [0.1, 0.15) is 11.3 Å². The third-order valence-corrected chi connectivity index (χ3v) is 3.82. The predicted molar refractivity (Wildman–Crippen MR) is 74.5 cm³/mol. The Bertz CT molecular complexity index is 726. The zero-order chi connectivity index (χ0) is 14.8. The highest BCUT2D eigenvalue weighted by Crippen LogP contribution is 2.27. The summed E-state index contributed by atoms with van der Waals surface area (Å²) in [5.41, 5.74) is 1.29. The van der Waals surface area contributed by atoms with Gasteiger partial charge in [-0.1, -0.05) is 6.07 Å². The molecular formula is C14H15NO4S. The molecule has 1 aromatic carbocycles. The molecule has 6 heteroatoms. The highest BCUT2D eigenvalue weighted by atomic mass is 32.2. The number of rotatable bonds is 4. The summed E-state index contributed by atoms with van der Waals surface area (Å²) in [5.74, 6) is 0.860. The van der Waals surface area contributed by atoms with Crippen LogP contribution in [0.5, 0.6) is 11.5 Å². The normalized spacial score (nSPS) is 11.3. The number of sulfone groups is 1. The van der Waals surface area contributed by atoms with Crippen molar-refractivity contribution < 1.29 is 18.3 Å². The highest BCUT2D eigenvalue weighted by Gasteiger charge is 2.10. The van der Waals surface area contributed by atoms with Gasteiger partial charge in [-0.25, -0.2) is 8.42 Å².